The maximum atomic E-state index is 11.8. The number of nitrogens with zero attached hydrogens (tertiary/aromatic N) is 1. The molecule has 5 nitrogen and oxygen atoms in total. The Morgan fingerprint density at radius 3 is 2.50 bits per heavy atom. The number of carbonyl (C=O) groups excluding carboxylic acids is 1. The quantitative estimate of drug-likeness (QED) is 0.766. The fraction of sp³-hybridized carbons (Fsp3) is 0.538. The van der Waals surface area contributed by atoms with Crippen molar-refractivity contribution in [3.63, 3.8) is 0 Å². The summed E-state index contributed by atoms with van der Waals surface area (Å²) in [6.07, 6.45) is 3.77. The lowest BCUT2D eigenvalue weighted by Crippen LogP contribution is -2.46. The molecule has 5 heteroatoms. The van der Waals surface area contributed by atoms with E-state index >= 15 is 0 Å². The van der Waals surface area contributed by atoms with Gasteiger partial charge < -0.3 is 15.7 Å². The van der Waals surface area contributed by atoms with Gasteiger partial charge >= 0.3 is 6.03 Å². The van der Waals surface area contributed by atoms with Crippen LogP contribution in [0.4, 0.5) is 10.5 Å². The van der Waals surface area contributed by atoms with Crippen LogP contribution in [0.1, 0.15) is 27.2 Å². The van der Waals surface area contributed by atoms with Crippen molar-refractivity contribution in [2.45, 2.75) is 33.2 Å². The van der Waals surface area contributed by atoms with Gasteiger partial charge in [-0.2, -0.15) is 0 Å². The molecule has 2 amide bonds. The Morgan fingerprint density at radius 1 is 1.39 bits per heavy atom. The minimum atomic E-state index is -0.269. The average molecular weight is 251 g/mol. The van der Waals surface area contributed by atoms with Crippen molar-refractivity contribution >= 4 is 11.7 Å². The highest BCUT2D eigenvalue weighted by molar-refractivity contribution is 5.89. The molecule has 0 bridgehead atoms. The summed E-state index contributed by atoms with van der Waals surface area (Å²) < 4.78 is 0. The van der Waals surface area contributed by atoms with E-state index in [9.17, 15) is 4.79 Å². The normalized spacial score (nSPS) is 12.9. The number of hydrogen-bond donors (Lipinski definition) is 3. The molecule has 0 radical (unpaired) electrons. The van der Waals surface area contributed by atoms with Crippen LogP contribution < -0.4 is 10.6 Å². The molecule has 0 saturated heterocycles. The summed E-state index contributed by atoms with van der Waals surface area (Å²) in [7, 11) is 0. The first-order chi connectivity index (χ1) is 8.43. The molecule has 1 aromatic heterocycles. The van der Waals surface area contributed by atoms with Gasteiger partial charge in [-0.05, 0) is 24.0 Å². The van der Waals surface area contributed by atoms with Crippen molar-refractivity contribution in [3.05, 3.63) is 24.5 Å². The van der Waals surface area contributed by atoms with E-state index in [0.29, 0.717) is 12.1 Å². The summed E-state index contributed by atoms with van der Waals surface area (Å²) in [6.45, 7) is 6.14. The Kier molecular flexibility index (Phi) is 5.09. The SMILES string of the molecule is CC(C)(C)[C@H](CCO)NC(=O)Nc1ccncc1. The molecule has 1 atom stereocenters. The molecule has 1 heterocycles. The highest BCUT2D eigenvalue weighted by atomic mass is 16.3. The fourth-order valence-electron chi connectivity index (χ4n) is 1.61. The maximum Gasteiger partial charge on any atom is 0.319 e. The molecule has 0 unspecified atom stereocenters. The number of aliphatic hydroxyl groups is 1. The number of hydrogen-bond acceptors (Lipinski definition) is 3. The van der Waals surface area contributed by atoms with Gasteiger partial charge in [-0.25, -0.2) is 4.79 Å². The molecular formula is C13H21N3O2. The molecule has 0 aliphatic carbocycles. The minimum Gasteiger partial charge on any atom is -0.396 e. The van der Waals surface area contributed by atoms with Gasteiger partial charge in [-0.3, -0.25) is 4.98 Å². The van der Waals surface area contributed by atoms with Crippen LogP contribution in [0.3, 0.4) is 0 Å². The van der Waals surface area contributed by atoms with E-state index < -0.39 is 0 Å². The van der Waals surface area contributed by atoms with Crippen molar-refractivity contribution in [2.75, 3.05) is 11.9 Å². The number of anilines is 1. The lowest BCUT2D eigenvalue weighted by atomic mass is 9.85. The number of carbonyl (C=O) groups is 1. The van der Waals surface area contributed by atoms with Crippen LogP contribution in [0.2, 0.25) is 0 Å². The van der Waals surface area contributed by atoms with Crippen molar-refractivity contribution < 1.29 is 9.90 Å². The first-order valence-electron chi connectivity index (χ1n) is 6.02. The Balaban J connectivity index is 2.57. The smallest absolute Gasteiger partial charge is 0.319 e. The first kappa shape index (κ1) is 14.4. The molecule has 0 aliphatic heterocycles. The second-order valence-electron chi connectivity index (χ2n) is 5.27. The summed E-state index contributed by atoms with van der Waals surface area (Å²) in [5.41, 5.74) is 0.595. The van der Waals surface area contributed by atoms with Crippen molar-refractivity contribution in [2.24, 2.45) is 5.41 Å². The van der Waals surface area contributed by atoms with Crippen LogP contribution in [-0.4, -0.2) is 28.8 Å². The minimum absolute atomic E-state index is 0.0530. The summed E-state index contributed by atoms with van der Waals surface area (Å²) in [4.78, 5) is 15.7. The molecule has 0 saturated carbocycles. The number of nitrogens with one attached hydrogen (secondary N) is 2. The third-order valence-corrected chi connectivity index (χ3v) is 2.71. The number of urea groups is 1. The van der Waals surface area contributed by atoms with Gasteiger partial charge in [0.2, 0.25) is 0 Å². The number of amides is 2. The predicted molar refractivity (Wildman–Crippen MR) is 71.3 cm³/mol. The largest absolute Gasteiger partial charge is 0.396 e. The van der Waals surface area contributed by atoms with Crippen LogP contribution in [0.25, 0.3) is 0 Å². The monoisotopic (exact) mass is 251 g/mol. The molecular weight excluding hydrogens is 230 g/mol. The molecule has 1 rings (SSSR count). The summed E-state index contributed by atoms with van der Waals surface area (Å²) in [5, 5.41) is 14.6. The van der Waals surface area contributed by atoms with Crippen LogP contribution in [0.15, 0.2) is 24.5 Å². The van der Waals surface area contributed by atoms with Gasteiger partial charge in [0, 0.05) is 30.7 Å². The first-order valence-corrected chi connectivity index (χ1v) is 6.02. The molecule has 0 spiro atoms. The van der Waals surface area contributed by atoms with E-state index in [0.717, 1.165) is 0 Å². The second-order valence-corrected chi connectivity index (χ2v) is 5.27. The fourth-order valence-corrected chi connectivity index (χ4v) is 1.61. The number of aliphatic hydroxyl groups excluding tert-OH is 1. The van der Waals surface area contributed by atoms with Crippen LogP contribution in [-0.2, 0) is 0 Å². The number of aromatic nitrogens is 1. The van der Waals surface area contributed by atoms with Gasteiger partial charge in [-0.15, -0.1) is 0 Å². The van der Waals surface area contributed by atoms with E-state index in [2.05, 4.69) is 15.6 Å². The number of rotatable bonds is 4. The molecule has 100 valence electrons. The predicted octanol–water partition coefficient (Wildman–Crippen LogP) is 2.00. The van der Waals surface area contributed by atoms with Gasteiger partial charge in [-0.1, -0.05) is 20.8 Å². The highest BCUT2D eigenvalue weighted by Gasteiger charge is 2.25. The molecule has 0 aromatic carbocycles. The van der Waals surface area contributed by atoms with E-state index in [-0.39, 0.29) is 24.1 Å². The zero-order valence-corrected chi connectivity index (χ0v) is 11.1. The maximum absolute atomic E-state index is 11.8. The van der Waals surface area contributed by atoms with E-state index in [1.807, 2.05) is 20.8 Å². The molecule has 1 aromatic rings. The Hall–Kier alpha value is -1.62. The molecule has 0 fully saturated rings. The van der Waals surface area contributed by atoms with E-state index in [4.69, 9.17) is 5.11 Å². The van der Waals surface area contributed by atoms with E-state index in [1.165, 1.54) is 0 Å². The lowest BCUT2D eigenvalue weighted by molar-refractivity contribution is 0.194. The highest BCUT2D eigenvalue weighted by Crippen LogP contribution is 2.21. The Labute approximate surface area is 108 Å². The topological polar surface area (TPSA) is 74.2 Å². The molecule has 18 heavy (non-hydrogen) atoms. The van der Waals surface area contributed by atoms with Crippen molar-refractivity contribution in [1.29, 1.82) is 0 Å². The number of pyridine rings is 1. The van der Waals surface area contributed by atoms with E-state index in [1.54, 1.807) is 24.5 Å². The second kappa shape index (κ2) is 6.35. The Morgan fingerprint density at radius 2 is 2.00 bits per heavy atom. The van der Waals surface area contributed by atoms with Gasteiger partial charge in [0.05, 0.1) is 0 Å². The van der Waals surface area contributed by atoms with Crippen LogP contribution in [0.5, 0.6) is 0 Å². The zero-order valence-electron chi connectivity index (χ0n) is 11.1. The summed E-state index contributed by atoms with van der Waals surface area (Å²) in [6, 6.07) is 3.09. The van der Waals surface area contributed by atoms with Gasteiger partial charge in [0.25, 0.3) is 0 Å². The molecule has 0 aliphatic rings. The Bertz CT molecular complexity index is 374. The van der Waals surface area contributed by atoms with Crippen LogP contribution in [0, 0.1) is 5.41 Å². The zero-order chi connectivity index (χ0) is 13.6. The standard InChI is InChI=1S/C13H21N3O2/c1-13(2,3)11(6-9-17)16-12(18)15-10-4-7-14-8-5-10/h4-5,7-8,11,17H,6,9H2,1-3H3,(H2,14,15,16,18)/t11-/m0/s1. The van der Waals surface area contributed by atoms with Gasteiger partial charge in [0.15, 0.2) is 0 Å². The van der Waals surface area contributed by atoms with Crippen molar-refractivity contribution in [3.8, 4) is 0 Å². The van der Waals surface area contributed by atoms with Crippen molar-refractivity contribution in [1.82, 2.24) is 10.3 Å². The lowest BCUT2D eigenvalue weighted by Gasteiger charge is -2.31. The molecule has 3 N–H and O–H groups in total. The summed E-state index contributed by atoms with van der Waals surface area (Å²) >= 11 is 0. The third kappa shape index (κ3) is 4.71. The van der Waals surface area contributed by atoms with Gasteiger partial charge in [0.1, 0.15) is 0 Å². The summed E-state index contributed by atoms with van der Waals surface area (Å²) in [5.74, 6) is 0. The third-order valence-electron chi connectivity index (χ3n) is 2.71. The average Bonchev–Trinajstić information content (AvgIpc) is 2.28. The van der Waals surface area contributed by atoms with Crippen LogP contribution >= 0.6 is 0 Å².